The van der Waals surface area contributed by atoms with E-state index in [0.29, 0.717) is 38.4 Å². The Morgan fingerprint density at radius 1 is 1.09 bits per heavy atom. The Bertz CT molecular complexity index is 1340. The van der Waals surface area contributed by atoms with E-state index >= 15 is 0 Å². The number of methoxy groups -OCH3 is 1. The van der Waals surface area contributed by atoms with Crippen LogP contribution in [-0.2, 0) is 47.5 Å². The monoisotopic (exact) mass is 718 g/mol. The molecule has 0 aliphatic carbocycles. The fraction of sp³-hybridized carbons (Fsp3) is 0.231. The summed E-state index contributed by atoms with van der Waals surface area (Å²) in [5.41, 5.74) is 2.40. The Balaban J connectivity index is 1.89. The van der Waals surface area contributed by atoms with E-state index in [2.05, 4.69) is 19.4 Å². The number of aromatic hydroxyl groups is 1. The van der Waals surface area contributed by atoms with Crippen molar-refractivity contribution in [1.29, 1.82) is 0 Å². The van der Waals surface area contributed by atoms with Gasteiger partial charge in [0.05, 0.1) is 0 Å². The van der Waals surface area contributed by atoms with Gasteiger partial charge in [0.1, 0.15) is 0 Å². The van der Waals surface area contributed by atoms with Crippen LogP contribution in [0.4, 0.5) is 0 Å². The number of benzene rings is 3. The van der Waals surface area contributed by atoms with Gasteiger partial charge in [-0.25, -0.2) is 0 Å². The molecular weight excluding hydrogens is 697 g/mol. The van der Waals surface area contributed by atoms with Crippen molar-refractivity contribution in [3.63, 3.8) is 0 Å². The van der Waals surface area contributed by atoms with Crippen molar-refractivity contribution in [3.05, 3.63) is 80.8 Å². The molecule has 0 bridgehead atoms. The van der Waals surface area contributed by atoms with E-state index in [1.807, 2.05) is 45.6 Å². The van der Waals surface area contributed by atoms with E-state index in [0.717, 1.165) is 11.1 Å². The van der Waals surface area contributed by atoms with E-state index < -0.39 is 17.4 Å². The molecule has 1 aliphatic rings. The molecule has 0 saturated heterocycles. The average Bonchev–Trinajstić information content (AvgIpc) is 2.84. The van der Waals surface area contributed by atoms with Gasteiger partial charge in [0.2, 0.25) is 0 Å². The first-order valence-electron chi connectivity index (χ1n) is 10.7. The molecule has 4 rings (SSSR count). The number of halogens is 1. The summed E-state index contributed by atoms with van der Waals surface area (Å²) in [7, 11) is 1.29. The average molecular weight is 719 g/mol. The molecular formula is C26H22BrNO6Pt. The van der Waals surface area contributed by atoms with Crippen LogP contribution >= 0.6 is 15.9 Å². The third-order valence-corrected chi connectivity index (χ3v) is 6.98. The van der Waals surface area contributed by atoms with Crippen LogP contribution in [-0.4, -0.2) is 24.2 Å². The molecule has 0 spiro atoms. The van der Waals surface area contributed by atoms with Crippen molar-refractivity contribution in [2.24, 2.45) is 3.50 Å². The predicted octanol–water partition coefficient (Wildman–Crippen LogP) is 5.75. The summed E-state index contributed by atoms with van der Waals surface area (Å²) >= 11 is 5.46. The fourth-order valence-electron chi connectivity index (χ4n) is 4.14. The number of ether oxygens (including phenoxy) is 3. The molecule has 0 amide bonds. The van der Waals surface area contributed by atoms with E-state index in [1.165, 1.54) is 7.11 Å². The summed E-state index contributed by atoms with van der Waals surface area (Å²) in [6, 6.07) is 13.9. The van der Waals surface area contributed by atoms with Crippen molar-refractivity contribution in [2.45, 2.75) is 32.2 Å². The summed E-state index contributed by atoms with van der Waals surface area (Å²) < 4.78 is 21.9. The molecule has 0 radical (unpaired) electrons. The van der Waals surface area contributed by atoms with Crippen LogP contribution in [0.5, 0.6) is 23.0 Å². The Kier molecular flexibility index (Phi) is 7.24. The molecule has 1 heterocycles. The topological polar surface area (TPSA) is 94.4 Å². The van der Waals surface area contributed by atoms with Gasteiger partial charge < -0.3 is 0 Å². The maximum atomic E-state index is 12.9. The first-order chi connectivity index (χ1) is 16.7. The van der Waals surface area contributed by atoms with Crippen LogP contribution in [0.25, 0.3) is 0 Å². The molecule has 1 N–H and O–H groups in total. The van der Waals surface area contributed by atoms with Gasteiger partial charge >= 0.3 is 223 Å². The maximum absolute atomic E-state index is 12.9. The van der Waals surface area contributed by atoms with Gasteiger partial charge in [0, 0.05) is 0 Å². The number of carbonyl (C=O) groups is 2. The van der Waals surface area contributed by atoms with Gasteiger partial charge in [-0.2, -0.15) is 0 Å². The van der Waals surface area contributed by atoms with Crippen molar-refractivity contribution < 1.29 is 48.5 Å². The minimum absolute atomic E-state index is 0.0681. The minimum atomic E-state index is -0.563. The summed E-state index contributed by atoms with van der Waals surface area (Å²) in [5.74, 6) is 0.0655. The van der Waals surface area contributed by atoms with Crippen molar-refractivity contribution in [2.75, 3.05) is 7.11 Å². The number of nitrogens with zero attached hydrogens (tertiary/aromatic N) is 1. The van der Waals surface area contributed by atoms with E-state index in [-0.39, 0.29) is 18.7 Å². The van der Waals surface area contributed by atoms with Crippen LogP contribution < -0.4 is 9.47 Å². The SMILES string of the molecule is COC(=O)Cc1c(O)ccc2c1Oc1c(cc(Br)c(OC(=O)c3ccccc3)c1C[N]=[Pt])C2(C)C. The first-order valence-corrected chi connectivity index (χ1v) is 12.5. The molecule has 0 aromatic heterocycles. The third-order valence-electron chi connectivity index (χ3n) is 6.03. The molecule has 7 nitrogen and oxygen atoms in total. The normalized spacial score (nSPS) is 13.2. The summed E-state index contributed by atoms with van der Waals surface area (Å²) in [5, 5.41) is 10.6. The van der Waals surface area contributed by atoms with E-state index in [4.69, 9.17) is 14.2 Å². The van der Waals surface area contributed by atoms with Gasteiger partial charge in [-0.05, 0) is 0 Å². The zero-order valence-corrected chi connectivity index (χ0v) is 23.0. The molecule has 1 aliphatic heterocycles. The third kappa shape index (κ3) is 4.69. The number of hydrogen-bond acceptors (Lipinski definition) is 7. The van der Waals surface area contributed by atoms with E-state index in [1.54, 1.807) is 36.4 Å². The number of phenols is 1. The molecule has 0 unspecified atom stereocenters. The Morgan fingerprint density at radius 3 is 2.43 bits per heavy atom. The van der Waals surface area contributed by atoms with Gasteiger partial charge in [-0.3, -0.25) is 0 Å². The van der Waals surface area contributed by atoms with Gasteiger partial charge in [0.15, 0.2) is 0 Å². The van der Waals surface area contributed by atoms with Crippen LogP contribution in [0.15, 0.2) is 56.5 Å². The second kappa shape index (κ2) is 10.0. The van der Waals surface area contributed by atoms with Crippen LogP contribution in [0.2, 0.25) is 0 Å². The first kappa shape index (κ1) is 25.3. The number of hydrogen-bond donors (Lipinski definition) is 1. The molecule has 0 fully saturated rings. The Morgan fingerprint density at radius 2 is 1.77 bits per heavy atom. The van der Waals surface area contributed by atoms with Crippen molar-refractivity contribution >= 4 is 27.9 Å². The van der Waals surface area contributed by atoms with Crippen molar-refractivity contribution in [1.82, 2.24) is 0 Å². The number of phenolic OH excluding ortho intramolecular Hbond substituents is 1. The quantitative estimate of drug-likeness (QED) is 0.258. The predicted molar refractivity (Wildman–Crippen MR) is 128 cm³/mol. The number of rotatable bonds is 6. The fourth-order valence-corrected chi connectivity index (χ4v) is 5.05. The van der Waals surface area contributed by atoms with Gasteiger partial charge in [-0.1, -0.05) is 0 Å². The number of carbonyl (C=O) groups excluding carboxylic acids is 2. The molecule has 0 saturated carbocycles. The van der Waals surface area contributed by atoms with Gasteiger partial charge in [-0.15, -0.1) is 0 Å². The van der Waals surface area contributed by atoms with Crippen molar-refractivity contribution in [3.8, 4) is 23.0 Å². The Hall–Kier alpha value is -2.83. The summed E-state index contributed by atoms with van der Waals surface area (Å²) in [6.45, 7) is 4.26. The summed E-state index contributed by atoms with van der Waals surface area (Å²) in [4.78, 5) is 25.0. The molecule has 3 aromatic carbocycles. The molecule has 35 heavy (non-hydrogen) atoms. The zero-order chi connectivity index (χ0) is 25.3. The van der Waals surface area contributed by atoms with Crippen LogP contribution in [0.3, 0.4) is 0 Å². The molecule has 184 valence electrons. The Labute approximate surface area is 222 Å². The van der Waals surface area contributed by atoms with Crippen LogP contribution in [0, 0.1) is 0 Å². The standard InChI is InChI=1S/C26H22BrNO6.Pt/c1-26(2)17-9-10-20(29)15(11-21(30)32-3)22(17)33-23-16(13-28)24(19(27)12-18(23)26)34-25(31)14-7-5-4-6-8-14;/h4-10,12,29H,11,13H2,1-3H3;. The second-order valence-corrected chi connectivity index (χ2v) is 10.0. The molecule has 3 aromatic rings. The summed E-state index contributed by atoms with van der Waals surface area (Å²) in [6.07, 6.45) is -0.157. The number of fused-ring (bicyclic) bond motifs is 2. The van der Waals surface area contributed by atoms with Crippen LogP contribution in [0.1, 0.15) is 46.5 Å². The zero-order valence-electron chi connectivity index (χ0n) is 19.2. The second-order valence-electron chi connectivity index (χ2n) is 8.48. The van der Waals surface area contributed by atoms with Gasteiger partial charge in [0.25, 0.3) is 0 Å². The van der Waals surface area contributed by atoms with E-state index in [9.17, 15) is 14.7 Å². The number of esters is 2. The molecule has 0 atom stereocenters. The molecule has 9 heteroatoms.